The van der Waals surface area contributed by atoms with E-state index >= 15 is 0 Å². The third kappa shape index (κ3) is 6.26. The SMILES string of the molecule is CC(=O)NC1C(OCCCCCCN)OC(Cn2cc(-c3cccc4ccccc34)nn2)C(O)C1O. The van der Waals surface area contributed by atoms with Gasteiger partial charge < -0.3 is 30.7 Å². The maximum atomic E-state index is 11.7. The summed E-state index contributed by atoms with van der Waals surface area (Å²) in [6.45, 7) is 2.56. The number of aliphatic hydroxyl groups is 2. The zero-order chi connectivity index (χ0) is 25.5. The van der Waals surface area contributed by atoms with Gasteiger partial charge in [0.15, 0.2) is 6.29 Å². The molecule has 0 saturated carbocycles. The summed E-state index contributed by atoms with van der Waals surface area (Å²) in [6.07, 6.45) is 1.27. The van der Waals surface area contributed by atoms with E-state index in [0.29, 0.717) is 18.8 Å². The molecule has 5 unspecified atom stereocenters. The van der Waals surface area contributed by atoms with E-state index in [0.717, 1.165) is 42.0 Å². The van der Waals surface area contributed by atoms with Gasteiger partial charge in [0.25, 0.3) is 0 Å². The molecule has 5 atom stereocenters. The predicted molar refractivity (Wildman–Crippen MR) is 135 cm³/mol. The molecule has 0 spiro atoms. The first kappa shape index (κ1) is 26.2. The second-order valence-corrected chi connectivity index (χ2v) is 9.18. The first-order chi connectivity index (χ1) is 17.5. The highest BCUT2D eigenvalue weighted by molar-refractivity contribution is 5.95. The molecular formula is C26H35N5O5. The van der Waals surface area contributed by atoms with Crippen molar-refractivity contribution < 1.29 is 24.5 Å². The molecule has 0 bridgehead atoms. The lowest BCUT2D eigenvalue weighted by Crippen LogP contribution is -2.64. The van der Waals surface area contributed by atoms with E-state index in [1.165, 1.54) is 6.92 Å². The number of fused-ring (bicyclic) bond motifs is 1. The van der Waals surface area contributed by atoms with Crippen molar-refractivity contribution >= 4 is 16.7 Å². The summed E-state index contributed by atoms with van der Waals surface area (Å²) in [6, 6.07) is 13.2. The number of carbonyl (C=O) groups is 1. The number of rotatable bonds is 11. The quantitative estimate of drug-likeness (QED) is 0.292. The topological polar surface area (TPSA) is 145 Å². The number of nitrogens with zero attached hydrogens (tertiary/aromatic N) is 3. The molecule has 1 aliphatic rings. The molecule has 10 nitrogen and oxygen atoms in total. The minimum Gasteiger partial charge on any atom is -0.388 e. The first-order valence-corrected chi connectivity index (χ1v) is 12.5. The van der Waals surface area contributed by atoms with Crippen LogP contribution in [0.15, 0.2) is 48.7 Å². The summed E-state index contributed by atoms with van der Waals surface area (Å²) >= 11 is 0. The van der Waals surface area contributed by atoms with Gasteiger partial charge >= 0.3 is 0 Å². The van der Waals surface area contributed by atoms with E-state index in [1.54, 1.807) is 10.9 Å². The lowest BCUT2D eigenvalue weighted by molar-refractivity contribution is -0.267. The van der Waals surface area contributed by atoms with Crippen molar-refractivity contribution in [1.29, 1.82) is 0 Å². The number of nitrogens with two attached hydrogens (primary N) is 1. The number of hydrogen-bond acceptors (Lipinski definition) is 8. The van der Waals surface area contributed by atoms with Gasteiger partial charge in [-0.25, -0.2) is 4.68 Å². The van der Waals surface area contributed by atoms with Crippen LogP contribution in [-0.2, 0) is 20.8 Å². The molecule has 1 aromatic heterocycles. The summed E-state index contributed by atoms with van der Waals surface area (Å²) in [5, 5.41) is 34.9. The molecule has 2 aromatic carbocycles. The van der Waals surface area contributed by atoms with Gasteiger partial charge in [0.05, 0.1) is 12.7 Å². The zero-order valence-corrected chi connectivity index (χ0v) is 20.5. The summed E-state index contributed by atoms with van der Waals surface area (Å²) in [5.41, 5.74) is 7.18. The molecule has 2 heterocycles. The minimum absolute atomic E-state index is 0.152. The fourth-order valence-corrected chi connectivity index (χ4v) is 4.56. The molecule has 1 aliphatic heterocycles. The number of aliphatic hydroxyl groups excluding tert-OH is 2. The van der Waals surface area contributed by atoms with Crippen molar-refractivity contribution in [2.75, 3.05) is 13.2 Å². The zero-order valence-electron chi connectivity index (χ0n) is 20.5. The third-order valence-corrected chi connectivity index (χ3v) is 6.42. The number of carbonyl (C=O) groups excluding carboxylic acids is 1. The Balaban J connectivity index is 1.45. The Hall–Kier alpha value is -2.89. The second kappa shape index (κ2) is 12.4. The van der Waals surface area contributed by atoms with Crippen LogP contribution in [0.4, 0.5) is 0 Å². The average molecular weight is 498 g/mol. The van der Waals surface area contributed by atoms with Crippen LogP contribution in [-0.4, -0.2) is 74.9 Å². The third-order valence-electron chi connectivity index (χ3n) is 6.42. The van der Waals surface area contributed by atoms with Gasteiger partial charge in [0.2, 0.25) is 5.91 Å². The molecule has 10 heteroatoms. The predicted octanol–water partition coefficient (Wildman–Crippen LogP) is 1.59. The maximum absolute atomic E-state index is 11.7. The summed E-state index contributed by atoms with van der Waals surface area (Å²) in [4.78, 5) is 11.7. The van der Waals surface area contributed by atoms with Crippen LogP contribution in [0.1, 0.15) is 32.6 Å². The van der Waals surface area contributed by atoms with E-state index < -0.39 is 30.6 Å². The van der Waals surface area contributed by atoms with Crippen molar-refractivity contribution in [3.8, 4) is 11.3 Å². The van der Waals surface area contributed by atoms with Crippen molar-refractivity contribution in [3.63, 3.8) is 0 Å². The van der Waals surface area contributed by atoms with Gasteiger partial charge in [-0.1, -0.05) is 60.5 Å². The highest BCUT2D eigenvalue weighted by Crippen LogP contribution is 2.28. The molecular weight excluding hydrogens is 462 g/mol. The summed E-state index contributed by atoms with van der Waals surface area (Å²) in [7, 11) is 0. The van der Waals surface area contributed by atoms with E-state index in [1.807, 2.05) is 42.5 Å². The average Bonchev–Trinajstić information content (AvgIpc) is 3.34. The Morgan fingerprint density at radius 1 is 1.11 bits per heavy atom. The number of amides is 1. The molecule has 4 rings (SSSR count). The monoisotopic (exact) mass is 497 g/mol. The van der Waals surface area contributed by atoms with Crippen LogP contribution >= 0.6 is 0 Å². The molecule has 0 aliphatic carbocycles. The number of benzene rings is 2. The van der Waals surface area contributed by atoms with Gasteiger partial charge in [-0.2, -0.15) is 0 Å². The van der Waals surface area contributed by atoms with E-state index in [2.05, 4.69) is 15.6 Å². The van der Waals surface area contributed by atoms with Crippen LogP contribution in [0, 0.1) is 0 Å². The Morgan fingerprint density at radius 3 is 2.69 bits per heavy atom. The lowest BCUT2D eigenvalue weighted by atomic mass is 9.96. The number of nitrogens with one attached hydrogen (secondary N) is 1. The van der Waals surface area contributed by atoms with Crippen LogP contribution in [0.3, 0.4) is 0 Å². The summed E-state index contributed by atoms with van der Waals surface area (Å²) in [5.74, 6) is -0.346. The van der Waals surface area contributed by atoms with Gasteiger partial charge in [-0.15, -0.1) is 5.10 Å². The molecule has 3 aromatic rings. The highest BCUT2D eigenvalue weighted by Gasteiger charge is 2.45. The van der Waals surface area contributed by atoms with Gasteiger partial charge in [-0.05, 0) is 30.2 Å². The smallest absolute Gasteiger partial charge is 0.217 e. The normalized spacial score (nSPS) is 24.2. The standard InChI is InChI=1S/C26H35N5O5/c1-17(32)28-23-25(34)24(33)22(36-26(23)35-14-7-3-2-6-13-27)16-31-15-21(29-30-31)20-12-8-10-18-9-4-5-11-19(18)20/h4-5,8-12,15,22-26,33-34H,2-3,6-7,13-14,16,27H2,1H3,(H,28,32). The van der Waals surface area contributed by atoms with Crippen molar-refractivity contribution in [1.82, 2.24) is 20.3 Å². The largest absolute Gasteiger partial charge is 0.388 e. The Kier molecular flexibility index (Phi) is 9.00. The number of aromatic nitrogens is 3. The Morgan fingerprint density at radius 2 is 1.89 bits per heavy atom. The van der Waals surface area contributed by atoms with Crippen molar-refractivity contribution in [2.24, 2.45) is 5.73 Å². The van der Waals surface area contributed by atoms with Crippen molar-refractivity contribution in [2.45, 2.75) is 69.8 Å². The van der Waals surface area contributed by atoms with Gasteiger partial charge in [0, 0.05) is 19.1 Å². The second-order valence-electron chi connectivity index (χ2n) is 9.18. The number of hydrogen-bond donors (Lipinski definition) is 4. The van der Waals surface area contributed by atoms with Crippen LogP contribution in [0.25, 0.3) is 22.0 Å². The molecule has 194 valence electrons. The number of unbranched alkanes of at least 4 members (excludes halogenated alkanes) is 3. The van der Waals surface area contributed by atoms with Crippen LogP contribution in [0.5, 0.6) is 0 Å². The van der Waals surface area contributed by atoms with Crippen LogP contribution < -0.4 is 11.1 Å². The molecule has 1 saturated heterocycles. The highest BCUT2D eigenvalue weighted by atomic mass is 16.7. The van der Waals surface area contributed by atoms with Gasteiger partial charge in [-0.3, -0.25) is 4.79 Å². The first-order valence-electron chi connectivity index (χ1n) is 12.5. The van der Waals surface area contributed by atoms with Gasteiger partial charge in [0.1, 0.15) is 30.0 Å². The van der Waals surface area contributed by atoms with Crippen LogP contribution in [0.2, 0.25) is 0 Å². The Labute approximate surface area is 210 Å². The molecule has 36 heavy (non-hydrogen) atoms. The molecule has 5 N–H and O–H groups in total. The Bertz CT molecular complexity index is 1130. The molecule has 1 fully saturated rings. The molecule has 0 radical (unpaired) electrons. The minimum atomic E-state index is -1.27. The van der Waals surface area contributed by atoms with E-state index in [9.17, 15) is 15.0 Å². The van der Waals surface area contributed by atoms with E-state index in [4.69, 9.17) is 15.2 Å². The fraction of sp³-hybridized carbons (Fsp3) is 0.500. The summed E-state index contributed by atoms with van der Waals surface area (Å²) < 4.78 is 13.5. The fourth-order valence-electron chi connectivity index (χ4n) is 4.56. The molecule has 1 amide bonds. The number of ether oxygens (including phenoxy) is 2. The van der Waals surface area contributed by atoms with E-state index in [-0.39, 0.29) is 12.5 Å². The lowest BCUT2D eigenvalue weighted by Gasteiger charge is -2.42. The van der Waals surface area contributed by atoms with Crippen molar-refractivity contribution in [3.05, 3.63) is 48.7 Å². The maximum Gasteiger partial charge on any atom is 0.217 e.